The second-order valence-electron chi connectivity index (χ2n) is 6.81. The number of hydrogen-bond acceptors (Lipinski definition) is 6. The summed E-state index contributed by atoms with van der Waals surface area (Å²) in [5.41, 5.74) is 0.849. The van der Waals surface area contributed by atoms with Gasteiger partial charge in [0.25, 0.3) is 0 Å². The van der Waals surface area contributed by atoms with Gasteiger partial charge in [0.1, 0.15) is 0 Å². The molecule has 0 radical (unpaired) electrons. The minimum atomic E-state index is -3.49. The third kappa shape index (κ3) is 2.74. The van der Waals surface area contributed by atoms with Gasteiger partial charge in [-0.2, -0.15) is 4.31 Å². The Hall–Kier alpha value is -1.55. The molecule has 2 fully saturated rings. The fraction of sp³-hybridized carbons (Fsp3) is 0.529. The lowest BCUT2D eigenvalue weighted by Crippen LogP contribution is -2.43. The first-order valence-electron chi connectivity index (χ1n) is 8.73. The van der Waals surface area contributed by atoms with Gasteiger partial charge in [0.15, 0.2) is 5.13 Å². The van der Waals surface area contributed by atoms with E-state index in [0.29, 0.717) is 18.1 Å². The van der Waals surface area contributed by atoms with Crippen molar-refractivity contribution in [3.63, 3.8) is 0 Å². The number of aliphatic hydroxyl groups is 1. The van der Waals surface area contributed by atoms with E-state index in [1.807, 2.05) is 24.3 Å². The first kappa shape index (κ1) is 17.8. The van der Waals surface area contributed by atoms with Gasteiger partial charge in [0.2, 0.25) is 15.9 Å². The highest BCUT2D eigenvalue weighted by molar-refractivity contribution is 7.89. The number of aromatic nitrogens is 1. The van der Waals surface area contributed by atoms with Gasteiger partial charge in [-0.05, 0) is 25.0 Å². The average Bonchev–Trinajstić information content (AvgIpc) is 3.29. The molecule has 2 aliphatic heterocycles. The van der Waals surface area contributed by atoms with Crippen molar-refractivity contribution in [1.82, 2.24) is 9.29 Å². The Morgan fingerprint density at radius 2 is 2.12 bits per heavy atom. The number of carbonyl (C=O) groups excluding carboxylic acids is 1. The number of carbonyl (C=O) groups is 1. The van der Waals surface area contributed by atoms with Crippen LogP contribution in [-0.4, -0.2) is 59.7 Å². The summed E-state index contributed by atoms with van der Waals surface area (Å²) in [4.78, 5) is 19.2. The lowest BCUT2D eigenvalue weighted by atomic mass is 10.0. The molecule has 26 heavy (non-hydrogen) atoms. The zero-order valence-electron chi connectivity index (χ0n) is 14.4. The van der Waals surface area contributed by atoms with E-state index < -0.39 is 15.9 Å². The third-order valence-electron chi connectivity index (χ3n) is 5.25. The Balaban J connectivity index is 1.67. The first-order chi connectivity index (χ1) is 12.4. The van der Waals surface area contributed by atoms with Crippen LogP contribution in [0.25, 0.3) is 10.2 Å². The SMILES string of the molecule is C[C@@H]1C(=O)N(c2nc3ccccc3s2)[C@H]2CCN(S(=O)(=O)CCCO)[C@H]12. The van der Waals surface area contributed by atoms with Gasteiger partial charge in [0.05, 0.1) is 34.0 Å². The number of fused-ring (bicyclic) bond motifs is 2. The molecule has 0 aliphatic carbocycles. The third-order valence-corrected chi connectivity index (χ3v) is 8.23. The van der Waals surface area contributed by atoms with Crippen molar-refractivity contribution in [3.05, 3.63) is 24.3 Å². The summed E-state index contributed by atoms with van der Waals surface area (Å²) in [5.74, 6) is -0.561. The van der Waals surface area contributed by atoms with Crippen molar-refractivity contribution >= 4 is 42.6 Å². The molecule has 2 aromatic rings. The predicted octanol–water partition coefficient (Wildman–Crippen LogP) is 1.43. The molecule has 140 valence electrons. The van der Waals surface area contributed by atoms with Gasteiger partial charge >= 0.3 is 0 Å². The maximum atomic E-state index is 12.9. The molecule has 1 amide bonds. The molecule has 1 aromatic heterocycles. The molecule has 4 rings (SSSR count). The van der Waals surface area contributed by atoms with E-state index >= 15 is 0 Å². The fourth-order valence-corrected chi connectivity index (χ4v) is 6.89. The molecule has 9 heteroatoms. The number of aliphatic hydroxyl groups excluding tert-OH is 1. The highest BCUT2D eigenvalue weighted by Gasteiger charge is 2.55. The molecule has 1 aromatic carbocycles. The van der Waals surface area contributed by atoms with E-state index in [1.54, 1.807) is 11.8 Å². The van der Waals surface area contributed by atoms with E-state index in [-0.39, 0.29) is 36.8 Å². The van der Waals surface area contributed by atoms with Crippen molar-refractivity contribution in [2.24, 2.45) is 5.92 Å². The summed E-state index contributed by atoms with van der Waals surface area (Å²) in [6, 6.07) is 7.19. The number of para-hydroxylation sites is 1. The van der Waals surface area contributed by atoms with Crippen LogP contribution in [0.5, 0.6) is 0 Å². The Bertz CT molecular complexity index is 909. The summed E-state index contributed by atoms with van der Waals surface area (Å²) in [6.45, 7) is 2.04. The zero-order valence-corrected chi connectivity index (χ0v) is 16.0. The minimum Gasteiger partial charge on any atom is -0.396 e. The number of rotatable bonds is 5. The van der Waals surface area contributed by atoms with Crippen LogP contribution in [0, 0.1) is 5.92 Å². The highest BCUT2D eigenvalue weighted by Crippen LogP contribution is 2.42. The molecular weight excluding hydrogens is 374 g/mol. The Morgan fingerprint density at radius 1 is 1.35 bits per heavy atom. The minimum absolute atomic E-state index is 0.0684. The smallest absolute Gasteiger partial charge is 0.233 e. The van der Waals surface area contributed by atoms with Crippen molar-refractivity contribution in [2.45, 2.75) is 31.8 Å². The van der Waals surface area contributed by atoms with Crippen LogP contribution >= 0.6 is 11.3 Å². The van der Waals surface area contributed by atoms with E-state index in [0.717, 1.165) is 10.2 Å². The Labute approximate surface area is 156 Å². The van der Waals surface area contributed by atoms with Crippen LogP contribution in [0.3, 0.4) is 0 Å². The van der Waals surface area contributed by atoms with Gasteiger partial charge < -0.3 is 5.11 Å². The Kier molecular flexibility index (Phi) is 4.50. The Morgan fingerprint density at radius 3 is 2.85 bits per heavy atom. The molecule has 1 N–H and O–H groups in total. The monoisotopic (exact) mass is 395 g/mol. The zero-order chi connectivity index (χ0) is 18.5. The van der Waals surface area contributed by atoms with Crippen LogP contribution < -0.4 is 4.90 Å². The van der Waals surface area contributed by atoms with E-state index in [1.165, 1.54) is 15.6 Å². The average molecular weight is 396 g/mol. The van der Waals surface area contributed by atoms with Crippen molar-refractivity contribution in [3.8, 4) is 0 Å². The van der Waals surface area contributed by atoms with Crippen LogP contribution in [0.15, 0.2) is 24.3 Å². The van der Waals surface area contributed by atoms with Crippen molar-refractivity contribution in [2.75, 3.05) is 23.8 Å². The lowest BCUT2D eigenvalue weighted by Gasteiger charge is -2.25. The summed E-state index contributed by atoms with van der Waals surface area (Å²) in [5, 5.41) is 9.61. The standard InChI is InChI=1S/C17H21N3O4S2/c1-11-15-13(7-8-19(15)26(23,24)10-4-9-21)20(16(11)22)17-18-12-5-2-3-6-14(12)25-17/h2-3,5-6,11,13,15,21H,4,7-10H2,1H3/t11-,13-,15+/m0/s1. The molecule has 0 bridgehead atoms. The van der Waals surface area contributed by atoms with Gasteiger partial charge in [-0.25, -0.2) is 13.4 Å². The summed E-state index contributed by atoms with van der Waals surface area (Å²) in [7, 11) is -3.49. The lowest BCUT2D eigenvalue weighted by molar-refractivity contribution is -0.120. The first-order valence-corrected chi connectivity index (χ1v) is 11.2. The predicted molar refractivity (Wildman–Crippen MR) is 101 cm³/mol. The molecule has 3 heterocycles. The summed E-state index contributed by atoms with van der Waals surface area (Å²) >= 11 is 1.46. The van der Waals surface area contributed by atoms with Crippen molar-refractivity contribution < 1.29 is 18.3 Å². The number of nitrogens with zero attached hydrogens (tertiary/aromatic N) is 3. The maximum absolute atomic E-state index is 12.9. The normalized spacial score (nSPS) is 26.8. The molecule has 0 saturated carbocycles. The number of hydrogen-bond donors (Lipinski definition) is 1. The van der Waals surface area contributed by atoms with E-state index in [2.05, 4.69) is 4.98 Å². The number of anilines is 1. The topological polar surface area (TPSA) is 90.8 Å². The maximum Gasteiger partial charge on any atom is 0.233 e. The molecule has 0 unspecified atom stereocenters. The van der Waals surface area contributed by atoms with Crippen LogP contribution in [0.1, 0.15) is 19.8 Å². The van der Waals surface area contributed by atoms with Crippen LogP contribution in [0.4, 0.5) is 5.13 Å². The highest BCUT2D eigenvalue weighted by atomic mass is 32.2. The van der Waals surface area contributed by atoms with Crippen molar-refractivity contribution in [1.29, 1.82) is 0 Å². The van der Waals surface area contributed by atoms with Gasteiger partial charge in [-0.1, -0.05) is 30.4 Å². The second-order valence-corrected chi connectivity index (χ2v) is 9.86. The van der Waals surface area contributed by atoms with E-state index in [9.17, 15) is 13.2 Å². The summed E-state index contributed by atoms with van der Waals surface area (Å²) in [6.07, 6.45) is 0.815. The molecule has 7 nitrogen and oxygen atoms in total. The van der Waals surface area contributed by atoms with Gasteiger partial charge in [0, 0.05) is 13.2 Å². The number of thiazole rings is 1. The van der Waals surface area contributed by atoms with Crippen LogP contribution in [0.2, 0.25) is 0 Å². The van der Waals surface area contributed by atoms with Crippen LogP contribution in [-0.2, 0) is 14.8 Å². The molecule has 0 spiro atoms. The number of benzene rings is 1. The largest absolute Gasteiger partial charge is 0.396 e. The summed E-state index contributed by atoms with van der Waals surface area (Å²) < 4.78 is 27.8. The quantitative estimate of drug-likeness (QED) is 0.827. The van der Waals surface area contributed by atoms with Gasteiger partial charge in [-0.15, -0.1) is 0 Å². The van der Waals surface area contributed by atoms with E-state index in [4.69, 9.17) is 5.11 Å². The molecular formula is C17H21N3O4S2. The molecule has 2 saturated heterocycles. The number of sulfonamides is 1. The number of amides is 1. The molecule has 3 atom stereocenters. The fourth-order valence-electron chi connectivity index (χ4n) is 4.05. The molecule has 2 aliphatic rings. The second kappa shape index (κ2) is 6.56. The van der Waals surface area contributed by atoms with Gasteiger partial charge in [-0.3, -0.25) is 9.69 Å².